The summed E-state index contributed by atoms with van der Waals surface area (Å²) in [5.41, 5.74) is 15.7. The molecule has 4 bridgehead atoms. The van der Waals surface area contributed by atoms with Crippen molar-refractivity contribution in [1.29, 1.82) is 0 Å². The van der Waals surface area contributed by atoms with Gasteiger partial charge in [-0.25, -0.2) is 0 Å². The zero-order valence-electron chi connectivity index (χ0n) is 17.5. The first-order valence-corrected chi connectivity index (χ1v) is 9.82. The molecule has 0 unspecified atom stereocenters. The molecular formula is C25H34. The van der Waals surface area contributed by atoms with E-state index in [0.29, 0.717) is 0 Å². The maximum atomic E-state index is 2.48. The van der Waals surface area contributed by atoms with Crippen molar-refractivity contribution in [2.75, 3.05) is 0 Å². The van der Waals surface area contributed by atoms with Gasteiger partial charge in [-0.05, 0) is 121 Å². The Labute approximate surface area is 154 Å². The monoisotopic (exact) mass is 334 g/mol. The third-order valence-corrected chi connectivity index (χ3v) is 6.71. The van der Waals surface area contributed by atoms with E-state index in [-0.39, 0.29) is 5.41 Å². The minimum atomic E-state index is 0.216. The van der Waals surface area contributed by atoms with Gasteiger partial charge >= 0.3 is 0 Å². The van der Waals surface area contributed by atoms with Crippen LogP contribution in [0.15, 0.2) is 12.1 Å². The van der Waals surface area contributed by atoms with Crippen molar-refractivity contribution < 1.29 is 0 Å². The fourth-order valence-electron chi connectivity index (χ4n) is 4.54. The van der Waals surface area contributed by atoms with Crippen molar-refractivity contribution in [3.05, 3.63) is 67.8 Å². The first kappa shape index (κ1) is 18.2. The Morgan fingerprint density at radius 3 is 1.40 bits per heavy atom. The molecule has 0 heterocycles. The van der Waals surface area contributed by atoms with E-state index in [0.717, 1.165) is 12.8 Å². The quantitative estimate of drug-likeness (QED) is 0.522. The Hall–Kier alpha value is -1.56. The van der Waals surface area contributed by atoms with Gasteiger partial charge in [0.05, 0.1) is 0 Å². The van der Waals surface area contributed by atoms with Crippen LogP contribution < -0.4 is 0 Å². The molecule has 0 aliphatic heterocycles. The highest BCUT2D eigenvalue weighted by atomic mass is 14.3. The summed E-state index contributed by atoms with van der Waals surface area (Å²) in [6.45, 7) is 18.7. The molecule has 3 rings (SSSR count). The van der Waals surface area contributed by atoms with Crippen LogP contribution in [-0.4, -0.2) is 0 Å². The zero-order valence-corrected chi connectivity index (χ0v) is 17.5. The SMILES string of the molecule is Cc1c2cc(C(C)(C)C)cc1CCc1c(C)c(C)c(C)c(c1C)CC2. The predicted molar refractivity (Wildman–Crippen MR) is 110 cm³/mol. The molecule has 134 valence electrons. The molecule has 0 saturated carbocycles. The number of hydrogen-bond donors (Lipinski definition) is 0. The molecule has 1 aliphatic rings. The smallest absolute Gasteiger partial charge is 0.0132 e. The Morgan fingerprint density at radius 1 is 0.560 bits per heavy atom. The van der Waals surface area contributed by atoms with E-state index in [9.17, 15) is 0 Å². The first-order valence-electron chi connectivity index (χ1n) is 9.82. The van der Waals surface area contributed by atoms with Crippen LogP contribution in [0, 0.1) is 34.6 Å². The van der Waals surface area contributed by atoms with Gasteiger partial charge in [0.2, 0.25) is 0 Å². The van der Waals surface area contributed by atoms with E-state index in [1.807, 2.05) is 0 Å². The van der Waals surface area contributed by atoms with Crippen molar-refractivity contribution >= 4 is 0 Å². The van der Waals surface area contributed by atoms with Gasteiger partial charge in [0, 0.05) is 0 Å². The molecule has 0 N–H and O–H groups in total. The van der Waals surface area contributed by atoms with Gasteiger partial charge in [-0.2, -0.15) is 0 Å². The molecule has 0 nitrogen and oxygen atoms in total. The third-order valence-electron chi connectivity index (χ3n) is 6.71. The standard InChI is InChI=1S/C25H34/c1-15-16(2)23-11-9-20-13-22(25(6,7)8)14-21(18(20)4)10-12-24(17(15)3)19(23)5/h13-14H,9-12H2,1-8H3. The second-order valence-corrected chi connectivity index (χ2v) is 9.13. The largest absolute Gasteiger partial charge is 0.0561 e. The minimum Gasteiger partial charge on any atom is -0.0561 e. The Balaban J connectivity index is 2.17. The molecule has 0 spiro atoms. The van der Waals surface area contributed by atoms with Crippen molar-refractivity contribution in [1.82, 2.24) is 0 Å². The summed E-state index contributed by atoms with van der Waals surface area (Å²) < 4.78 is 0. The zero-order chi connectivity index (χ0) is 18.5. The summed E-state index contributed by atoms with van der Waals surface area (Å²) in [6, 6.07) is 4.96. The Kier molecular flexibility index (Phi) is 4.60. The van der Waals surface area contributed by atoms with Gasteiger partial charge in [0.15, 0.2) is 0 Å². The molecule has 0 aromatic heterocycles. The van der Waals surface area contributed by atoms with Crippen molar-refractivity contribution in [3.8, 4) is 0 Å². The maximum Gasteiger partial charge on any atom is -0.0132 e. The number of rotatable bonds is 0. The van der Waals surface area contributed by atoms with Crippen molar-refractivity contribution in [2.24, 2.45) is 0 Å². The second-order valence-electron chi connectivity index (χ2n) is 9.13. The van der Waals surface area contributed by atoms with Crippen LogP contribution in [0.1, 0.15) is 76.4 Å². The van der Waals surface area contributed by atoms with E-state index < -0.39 is 0 Å². The molecule has 0 heteroatoms. The summed E-state index contributed by atoms with van der Waals surface area (Å²) >= 11 is 0. The lowest BCUT2D eigenvalue weighted by atomic mass is 9.79. The van der Waals surface area contributed by atoms with E-state index in [1.54, 1.807) is 27.8 Å². The summed E-state index contributed by atoms with van der Waals surface area (Å²) in [5.74, 6) is 0. The molecular weight excluding hydrogens is 300 g/mol. The van der Waals surface area contributed by atoms with E-state index >= 15 is 0 Å². The van der Waals surface area contributed by atoms with Crippen LogP contribution in [0.5, 0.6) is 0 Å². The summed E-state index contributed by atoms with van der Waals surface area (Å²) in [4.78, 5) is 0. The second kappa shape index (κ2) is 6.31. The molecule has 0 amide bonds. The van der Waals surface area contributed by atoms with Gasteiger partial charge in [-0.15, -0.1) is 0 Å². The summed E-state index contributed by atoms with van der Waals surface area (Å²) in [6.07, 6.45) is 4.65. The highest BCUT2D eigenvalue weighted by Crippen LogP contribution is 2.33. The maximum absolute atomic E-state index is 2.48. The van der Waals surface area contributed by atoms with E-state index in [4.69, 9.17) is 0 Å². The Bertz CT molecular complexity index is 772. The van der Waals surface area contributed by atoms with Crippen LogP contribution >= 0.6 is 0 Å². The lowest BCUT2D eigenvalue weighted by Gasteiger charge is -2.26. The average Bonchev–Trinajstić information content (AvgIpc) is 2.53. The minimum absolute atomic E-state index is 0.216. The van der Waals surface area contributed by atoms with Crippen molar-refractivity contribution in [2.45, 2.75) is 86.5 Å². The fourth-order valence-corrected chi connectivity index (χ4v) is 4.54. The van der Waals surface area contributed by atoms with Crippen LogP contribution in [0.25, 0.3) is 0 Å². The van der Waals surface area contributed by atoms with Gasteiger partial charge in [-0.1, -0.05) is 32.9 Å². The number of benzene rings is 2. The van der Waals surface area contributed by atoms with Crippen molar-refractivity contribution in [3.63, 3.8) is 0 Å². The fraction of sp³-hybridized carbons (Fsp3) is 0.520. The lowest BCUT2D eigenvalue weighted by molar-refractivity contribution is 0.587. The Morgan fingerprint density at radius 2 is 1.00 bits per heavy atom. The summed E-state index contributed by atoms with van der Waals surface area (Å²) in [7, 11) is 0. The molecule has 2 aromatic carbocycles. The van der Waals surface area contributed by atoms with Crippen LogP contribution in [0.2, 0.25) is 0 Å². The lowest BCUT2D eigenvalue weighted by Crippen LogP contribution is -2.15. The molecule has 1 aliphatic carbocycles. The average molecular weight is 335 g/mol. The first-order chi connectivity index (χ1) is 11.6. The molecule has 25 heavy (non-hydrogen) atoms. The highest BCUT2D eigenvalue weighted by Gasteiger charge is 2.21. The predicted octanol–water partition coefficient (Wildman–Crippen LogP) is 6.41. The normalized spacial score (nSPS) is 14.6. The van der Waals surface area contributed by atoms with E-state index in [2.05, 4.69) is 67.5 Å². The molecule has 0 fully saturated rings. The molecule has 2 aromatic rings. The molecule has 0 saturated heterocycles. The number of fused-ring (bicyclic) bond motifs is 4. The topological polar surface area (TPSA) is 0 Å². The van der Waals surface area contributed by atoms with Crippen LogP contribution in [-0.2, 0) is 31.1 Å². The highest BCUT2D eigenvalue weighted by molar-refractivity contribution is 5.52. The van der Waals surface area contributed by atoms with E-state index in [1.165, 1.54) is 40.7 Å². The van der Waals surface area contributed by atoms with Gasteiger partial charge in [0.25, 0.3) is 0 Å². The molecule has 0 radical (unpaired) electrons. The number of aryl methyl sites for hydroxylation is 2. The van der Waals surface area contributed by atoms with Gasteiger partial charge in [-0.3, -0.25) is 0 Å². The molecule has 0 atom stereocenters. The summed E-state index contributed by atoms with van der Waals surface area (Å²) in [5, 5.41) is 0. The third kappa shape index (κ3) is 3.16. The van der Waals surface area contributed by atoms with Gasteiger partial charge in [0.1, 0.15) is 0 Å². The van der Waals surface area contributed by atoms with Crippen LogP contribution in [0.3, 0.4) is 0 Å². The van der Waals surface area contributed by atoms with Crippen LogP contribution in [0.4, 0.5) is 0 Å². The number of hydrogen-bond acceptors (Lipinski definition) is 0. The van der Waals surface area contributed by atoms with Gasteiger partial charge < -0.3 is 0 Å².